The van der Waals surface area contributed by atoms with Crippen molar-refractivity contribution in [3.05, 3.63) is 41.4 Å². The van der Waals surface area contributed by atoms with Crippen molar-refractivity contribution >= 4 is 42.1 Å². The number of benzene rings is 1. The average Bonchev–Trinajstić information content (AvgIpc) is 3.05. The molecule has 3 rings (SSSR count). The monoisotopic (exact) mass is 373 g/mol. The highest BCUT2D eigenvalue weighted by Gasteiger charge is 2.25. The minimum atomic E-state index is 0. The van der Waals surface area contributed by atoms with Crippen molar-refractivity contribution in [2.45, 2.75) is 18.9 Å². The van der Waals surface area contributed by atoms with Crippen LogP contribution in [0.5, 0.6) is 0 Å². The van der Waals surface area contributed by atoms with Gasteiger partial charge < -0.3 is 10.2 Å². The number of rotatable bonds is 3. The Morgan fingerprint density at radius 2 is 2.04 bits per heavy atom. The summed E-state index contributed by atoms with van der Waals surface area (Å²) in [5, 5.41) is 6.03. The molecule has 1 aliphatic heterocycles. The molecule has 2 aromatic rings. The molecule has 7 heteroatoms. The largest absolute Gasteiger partial charge is 0.336 e. The number of piperidine rings is 1. The van der Waals surface area contributed by atoms with Gasteiger partial charge in [0.2, 0.25) is 0 Å². The van der Waals surface area contributed by atoms with E-state index in [1.165, 1.54) is 11.3 Å². The molecule has 1 fully saturated rings. The summed E-state index contributed by atoms with van der Waals surface area (Å²) in [5.74, 6) is 0.0494. The van der Waals surface area contributed by atoms with E-state index in [2.05, 4.69) is 10.3 Å². The van der Waals surface area contributed by atoms with E-state index in [1.807, 2.05) is 47.7 Å². The number of nitrogens with one attached hydrogen (secondary N) is 1. The number of amides is 1. The Morgan fingerprint density at radius 1 is 1.30 bits per heavy atom. The van der Waals surface area contributed by atoms with Crippen LogP contribution in [0.1, 0.15) is 23.3 Å². The minimum Gasteiger partial charge on any atom is -0.336 e. The van der Waals surface area contributed by atoms with Gasteiger partial charge in [-0.1, -0.05) is 30.3 Å². The molecular weight excluding hydrogens is 353 g/mol. The van der Waals surface area contributed by atoms with E-state index in [4.69, 9.17) is 0 Å². The molecule has 1 aromatic carbocycles. The maximum Gasteiger partial charge on any atom is 0.273 e. The van der Waals surface area contributed by atoms with Gasteiger partial charge in [0.25, 0.3) is 5.91 Å². The first-order chi connectivity index (χ1) is 10.3. The van der Waals surface area contributed by atoms with E-state index < -0.39 is 0 Å². The van der Waals surface area contributed by atoms with Gasteiger partial charge in [-0.2, -0.15) is 0 Å². The summed E-state index contributed by atoms with van der Waals surface area (Å²) in [4.78, 5) is 19.0. The number of aromatic nitrogens is 1. The molecular formula is C16H21Cl2N3OS. The Bertz CT molecular complexity index is 621. The second-order valence-electron chi connectivity index (χ2n) is 5.28. The number of hydrogen-bond donors (Lipinski definition) is 1. The maximum atomic E-state index is 12.5. The van der Waals surface area contributed by atoms with Crippen LogP contribution in [0, 0.1) is 0 Å². The highest BCUT2D eigenvalue weighted by molar-refractivity contribution is 7.13. The first-order valence-corrected chi connectivity index (χ1v) is 8.13. The molecule has 1 amide bonds. The van der Waals surface area contributed by atoms with Crippen LogP contribution in [-0.2, 0) is 0 Å². The van der Waals surface area contributed by atoms with Crippen LogP contribution in [0.3, 0.4) is 0 Å². The number of likely N-dealkylation sites (tertiary alicyclic amines) is 1. The summed E-state index contributed by atoms with van der Waals surface area (Å²) in [6.07, 6.45) is 2.18. The Hall–Kier alpha value is -1.14. The van der Waals surface area contributed by atoms with Crippen molar-refractivity contribution in [1.29, 1.82) is 0 Å². The summed E-state index contributed by atoms with van der Waals surface area (Å²) in [6, 6.07) is 10.4. The Balaban J connectivity index is 0.00000132. The Kier molecular flexibility index (Phi) is 7.99. The quantitative estimate of drug-likeness (QED) is 0.895. The molecule has 1 atom stereocenters. The lowest BCUT2D eigenvalue weighted by Gasteiger charge is -2.32. The lowest BCUT2D eigenvalue weighted by Crippen LogP contribution is -2.47. The number of carbonyl (C=O) groups excluding carboxylic acids is 1. The predicted molar refractivity (Wildman–Crippen MR) is 100 cm³/mol. The highest BCUT2D eigenvalue weighted by Crippen LogP contribution is 2.24. The molecule has 0 aliphatic carbocycles. The minimum absolute atomic E-state index is 0. The molecule has 2 heterocycles. The molecule has 1 N–H and O–H groups in total. The molecule has 0 bridgehead atoms. The number of halogens is 2. The van der Waals surface area contributed by atoms with Crippen molar-refractivity contribution in [3.8, 4) is 10.6 Å². The standard InChI is InChI=1S/C16H19N3OS.2ClH/c1-17-13-8-5-9-19(10-13)16(20)14-11-21-15(18-14)12-6-3-2-4-7-12;;/h2-4,6-7,11,13,17H,5,8-10H2,1H3;2*1H. The van der Waals surface area contributed by atoms with Crippen molar-refractivity contribution < 1.29 is 4.79 Å². The number of carbonyl (C=O) groups is 1. The van der Waals surface area contributed by atoms with Crippen LogP contribution in [-0.4, -0.2) is 42.0 Å². The third-order valence-corrected chi connectivity index (χ3v) is 4.75. The van der Waals surface area contributed by atoms with Crippen molar-refractivity contribution in [2.24, 2.45) is 0 Å². The van der Waals surface area contributed by atoms with Gasteiger partial charge in [0.05, 0.1) is 0 Å². The second-order valence-corrected chi connectivity index (χ2v) is 6.14. The molecule has 0 radical (unpaired) electrons. The van der Waals surface area contributed by atoms with Crippen LogP contribution >= 0.6 is 36.2 Å². The van der Waals surface area contributed by atoms with Crippen LogP contribution in [0.2, 0.25) is 0 Å². The van der Waals surface area contributed by atoms with Crippen molar-refractivity contribution in [3.63, 3.8) is 0 Å². The lowest BCUT2D eigenvalue weighted by molar-refractivity contribution is 0.0693. The van der Waals surface area contributed by atoms with Gasteiger partial charge in [-0.15, -0.1) is 36.2 Å². The van der Waals surface area contributed by atoms with Crippen LogP contribution in [0.4, 0.5) is 0 Å². The van der Waals surface area contributed by atoms with E-state index in [0.717, 1.165) is 36.5 Å². The molecule has 23 heavy (non-hydrogen) atoms. The van der Waals surface area contributed by atoms with Gasteiger partial charge in [0, 0.05) is 30.1 Å². The number of thiazole rings is 1. The molecule has 0 spiro atoms. The molecule has 0 saturated carbocycles. The molecule has 4 nitrogen and oxygen atoms in total. The first kappa shape index (κ1) is 19.9. The zero-order valence-electron chi connectivity index (χ0n) is 12.9. The molecule has 1 aromatic heterocycles. The van der Waals surface area contributed by atoms with Gasteiger partial charge in [0.15, 0.2) is 0 Å². The Morgan fingerprint density at radius 3 is 2.74 bits per heavy atom. The summed E-state index contributed by atoms with van der Waals surface area (Å²) < 4.78 is 0. The van der Waals surface area contributed by atoms with E-state index in [1.54, 1.807) is 0 Å². The fourth-order valence-electron chi connectivity index (χ4n) is 2.64. The third kappa shape index (κ3) is 4.67. The van der Waals surface area contributed by atoms with E-state index >= 15 is 0 Å². The fraction of sp³-hybridized carbons (Fsp3) is 0.375. The van der Waals surface area contributed by atoms with Crippen LogP contribution in [0.15, 0.2) is 35.7 Å². The Labute approximate surface area is 153 Å². The van der Waals surface area contributed by atoms with Gasteiger partial charge in [-0.25, -0.2) is 4.98 Å². The summed E-state index contributed by atoms with van der Waals surface area (Å²) in [6.45, 7) is 1.60. The van der Waals surface area contributed by atoms with Gasteiger partial charge >= 0.3 is 0 Å². The maximum absolute atomic E-state index is 12.5. The fourth-order valence-corrected chi connectivity index (χ4v) is 3.44. The van der Waals surface area contributed by atoms with Crippen molar-refractivity contribution in [2.75, 3.05) is 20.1 Å². The molecule has 126 valence electrons. The van der Waals surface area contributed by atoms with Crippen molar-refractivity contribution in [1.82, 2.24) is 15.2 Å². The summed E-state index contributed by atoms with van der Waals surface area (Å²) in [5.41, 5.74) is 1.63. The van der Waals surface area contributed by atoms with Gasteiger partial charge in [-0.3, -0.25) is 4.79 Å². The zero-order valence-corrected chi connectivity index (χ0v) is 15.3. The van der Waals surface area contributed by atoms with Gasteiger partial charge in [0.1, 0.15) is 10.7 Å². The number of hydrogen-bond acceptors (Lipinski definition) is 4. The van der Waals surface area contributed by atoms with Crippen LogP contribution < -0.4 is 5.32 Å². The number of likely N-dealkylation sites (N-methyl/N-ethyl adjacent to an activating group) is 1. The average molecular weight is 374 g/mol. The second kappa shape index (κ2) is 9.23. The third-order valence-electron chi connectivity index (χ3n) is 3.86. The zero-order chi connectivity index (χ0) is 14.7. The molecule has 1 aliphatic rings. The smallest absolute Gasteiger partial charge is 0.273 e. The normalized spacial score (nSPS) is 17.1. The first-order valence-electron chi connectivity index (χ1n) is 7.25. The van der Waals surface area contributed by atoms with E-state index in [-0.39, 0.29) is 30.7 Å². The molecule has 1 saturated heterocycles. The van der Waals surface area contributed by atoms with E-state index in [0.29, 0.717) is 11.7 Å². The van der Waals surface area contributed by atoms with E-state index in [9.17, 15) is 4.79 Å². The lowest BCUT2D eigenvalue weighted by atomic mass is 10.1. The predicted octanol–water partition coefficient (Wildman–Crippen LogP) is 3.48. The topological polar surface area (TPSA) is 45.2 Å². The molecule has 1 unspecified atom stereocenters. The summed E-state index contributed by atoms with van der Waals surface area (Å²) >= 11 is 1.53. The van der Waals surface area contributed by atoms with Gasteiger partial charge in [-0.05, 0) is 19.9 Å². The highest BCUT2D eigenvalue weighted by atomic mass is 35.5. The number of nitrogens with zero attached hydrogens (tertiary/aromatic N) is 2. The summed E-state index contributed by atoms with van der Waals surface area (Å²) in [7, 11) is 1.95. The van der Waals surface area contributed by atoms with Crippen LogP contribution in [0.25, 0.3) is 10.6 Å². The SMILES string of the molecule is CNC1CCCN(C(=O)c2csc(-c3ccccc3)n2)C1.Cl.Cl.